The maximum absolute atomic E-state index is 12.8. The first-order valence-electron chi connectivity index (χ1n) is 9.42. The number of aromatic hydroxyl groups is 2. The van der Waals surface area contributed by atoms with Gasteiger partial charge in [-0.2, -0.15) is 18.3 Å². The fraction of sp³-hybridized carbons (Fsp3) is 0.333. The number of hydrogen-bond donors (Lipinski definition) is 3. The number of benzene rings is 2. The third kappa shape index (κ3) is 7.91. The average molecular weight is 438 g/mol. The molecule has 0 fully saturated rings. The molecule has 0 aliphatic rings. The molecule has 0 spiro atoms. The third-order valence-corrected chi connectivity index (χ3v) is 4.42. The fourth-order valence-corrected chi connectivity index (χ4v) is 2.76. The van der Waals surface area contributed by atoms with E-state index in [2.05, 4.69) is 10.5 Å². The van der Waals surface area contributed by atoms with Gasteiger partial charge >= 0.3 is 6.18 Å². The molecule has 3 N–H and O–H groups in total. The van der Waals surface area contributed by atoms with Crippen molar-refractivity contribution in [2.75, 3.05) is 33.7 Å². The Morgan fingerprint density at radius 2 is 1.77 bits per heavy atom. The number of hydrazone groups is 1. The van der Waals surface area contributed by atoms with Crippen molar-refractivity contribution in [1.82, 2.24) is 15.2 Å². The molecule has 0 unspecified atom stereocenters. The minimum Gasteiger partial charge on any atom is -0.504 e. The van der Waals surface area contributed by atoms with Crippen LogP contribution in [0.2, 0.25) is 0 Å². The molecular weight excluding hydrogens is 413 g/mol. The lowest BCUT2D eigenvalue weighted by molar-refractivity contribution is -0.137. The second kappa shape index (κ2) is 10.8. The second-order valence-corrected chi connectivity index (χ2v) is 7.18. The van der Waals surface area contributed by atoms with E-state index in [4.69, 9.17) is 0 Å². The van der Waals surface area contributed by atoms with Crippen molar-refractivity contribution in [3.63, 3.8) is 0 Å². The summed E-state index contributed by atoms with van der Waals surface area (Å²) >= 11 is 0. The van der Waals surface area contributed by atoms with Gasteiger partial charge in [-0.15, -0.1) is 0 Å². The number of phenolic OH excluding ortho intramolecular Hbond substituents is 2. The number of halogens is 3. The molecule has 1 amide bonds. The summed E-state index contributed by atoms with van der Waals surface area (Å²) in [6.45, 7) is 1.46. The molecule has 2 aromatic rings. The van der Waals surface area contributed by atoms with Crippen LogP contribution in [0.5, 0.6) is 11.5 Å². The predicted octanol–water partition coefficient (Wildman–Crippen LogP) is 2.63. The van der Waals surface area contributed by atoms with Crippen LogP contribution in [0.1, 0.15) is 16.7 Å². The number of carbonyl (C=O) groups is 1. The first kappa shape index (κ1) is 24.2. The molecule has 0 bridgehead atoms. The van der Waals surface area contributed by atoms with Gasteiger partial charge in [-0.25, -0.2) is 5.43 Å². The maximum atomic E-state index is 12.8. The van der Waals surface area contributed by atoms with Crippen molar-refractivity contribution in [1.29, 1.82) is 0 Å². The molecule has 0 saturated carbocycles. The Kier molecular flexibility index (Phi) is 8.40. The lowest BCUT2D eigenvalue weighted by atomic mass is 10.1. The van der Waals surface area contributed by atoms with Gasteiger partial charge in [0.2, 0.25) is 0 Å². The number of rotatable bonds is 9. The SMILES string of the molecule is CN(CCN(C)Cc1cccc(C(F)(F)F)c1)CC(=O)N/N=C/c1cccc(O)c1O. The van der Waals surface area contributed by atoms with Gasteiger partial charge in [0.1, 0.15) is 0 Å². The van der Waals surface area contributed by atoms with E-state index in [1.165, 1.54) is 30.5 Å². The van der Waals surface area contributed by atoms with Gasteiger partial charge in [0.15, 0.2) is 11.5 Å². The van der Waals surface area contributed by atoms with Gasteiger partial charge in [0.05, 0.1) is 18.3 Å². The lowest BCUT2D eigenvalue weighted by Gasteiger charge is -2.21. The van der Waals surface area contributed by atoms with E-state index >= 15 is 0 Å². The van der Waals surface area contributed by atoms with Gasteiger partial charge in [-0.1, -0.05) is 24.3 Å². The standard InChI is InChI=1S/C21H25F3N4O3/c1-27(13-15-5-3-7-17(11-15)21(22,23)24)9-10-28(2)14-19(30)26-25-12-16-6-4-8-18(29)20(16)31/h3-8,11-12,29,31H,9-10,13-14H2,1-2H3,(H,26,30)/b25-12+. The quantitative estimate of drug-likeness (QED) is 0.318. The van der Waals surface area contributed by atoms with Crippen molar-refractivity contribution in [2.45, 2.75) is 12.7 Å². The van der Waals surface area contributed by atoms with Gasteiger partial charge in [0, 0.05) is 25.2 Å². The zero-order valence-electron chi connectivity index (χ0n) is 17.2. The topological polar surface area (TPSA) is 88.4 Å². The van der Waals surface area contributed by atoms with E-state index in [-0.39, 0.29) is 29.5 Å². The van der Waals surface area contributed by atoms with Crippen molar-refractivity contribution >= 4 is 12.1 Å². The molecule has 0 aliphatic heterocycles. The number of hydrogen-bond acceptors (Lipinski definition) is 6. The molecule has 0 heterocycles. The number of carbonyl (C=O) groups excluding carboxylic acids is 1. The highest BCUT2D eigenvalue weighted by atomic mass is 19.4. The van der Waals surface area contributed by atoms with E-state index < -0.39 is 11.7 Å². The summed E-state index contributed by atoms with van der Waals surface area (Å²) in [6, 6.07) is 9.59. The highest BCUT2D eigenvalue weighted by Gasteiger charge is 2.30. The Morgan fingerprint density at radius 3 is 2.48 bits per heavy atom. The van der Waals surface area contributed by atoms with Crippen LogP contribution in [0.25, 0.3) is 0 Å². The van der Waals surface area contributed by atoms with E-state index in [1.54, 1.807) is 25.1 Å². The number of likely N-dealkylation sites (N-methyl/N-ethyl adjacent to an activating group) is 2. The minimum atomic E-state index is -4.37. The van der Waals surface area contributed by atoms with Gasteiger partial charge in [0.25, 0.3) is 5.91 Å². The Morgan fingerprint density at radius 1 is 1.10 bits per heavy atom. The number of phenols is 2. The summed E-state index contributed by atoms with van der Waals surface area (Å²) in [5.41, 5.74) is 2.47. The van der Waals surface area contributed by atoms with Crippen LogP contribution in [0, 0.1) is 0 Å². The van der Waals surface area contributed by atoms with Crippen molar-refractivity contribution in [3.05, 3.63) is 59.2 Å². The zero-order chi connectivity index (χ0) is 23.0. The zero-order valence-corrected chi connectivity index (χ0v) is 17.2. The Labute approximate surface area is 178 Å². The summed E-state index contributed by atoms with van der Waals surface area (Å²) in [7, 11) is 3.53. The molecule has 0 aliphatic carbocycles. The van der Waals surface area contributed by atoms with Crippen LogP contribution in [-0.4, -0.2) is 65.9 Å². The molecule has 0 atom stereocenters. The largest absolute Gasteiger partial charge is 0.504 e. The molecule has 7 nitrogen and oxygen atoms in total. The summed E-state index contributed by atoms with van der Waals surface area (Å²) < 4.78 is 38.4. The number of amides is 1. The molecule has 2 rings (SSSR count). The van der Waals surface area contributed by atoms with Gasteiger partial charge < -0.3 is 15.1 Å². The molecule has 0 radical (unpaired) electrons. The molecule has 168 valence electrons. The molecular formula is C21H25F3N4O3. The molecule has 0 saturated heterocycles. The van der Waals surface area contributed by atoms with Gasteiger partial charge in [-0.3, -0.25) is 9.69 Å². The minimum absolute atomic E-state index is 0.0563. The lowest BCUT2D eigenvalue weighted by Crippen LogP contribution is -2.37. The number of alkyl halides is 3. The van der Waals surface area contributed by atoms with E-state index in [0.29, 0.717) is 25.2 Å². The van der Waals surface area contributed by atoms with Crippen LogP contribution in [0.4, 0.5) is 13.2 Å². The first-order chi connectivity index (χ1) is 14.6. The normalized spacial score (nSPS) is 12.1. The Hall–Kier alpha value is -3.11. The Balaban J connectivity index is 1.75. The smallest absolute Gasteiger partial charge is 0.416 e. The van der Waals surface area contributed by atoms with Crippen LogP contribution >= 0.6 is 0 Å². The van der Waals surface area contributed by atoms with E-state index in [1.807, 2.05) is 4.90 Å². The number of nitrogens with one attached hydrogen (secondary N) is 1. The fourth-order valence-electron chi connectivity index (χ4n) is 2.76. The predicted molar refractivity (Wildman–Crippen MR) is 111 cm³/mol. The summed E-state index contributed by atoms with van der Waals surface area (Å²) in [6.07, 6.45) is -3.15. The highest BCUT2D eigenvalue weighted by Crippen LogP contribution is 2.29. The van der Waals surface area contributed by atoms with Crippen LogP contribution in [0.3, 0.4) is 0 Å². The molecule has 31 heavy (non-hydrogen) atoms. The molecule has 10 heteroatoms. The highest BCUT2D eigenvalue weighted by molar-refractivity contribution is 5.86. The summed E-state index contributed by atoms with van der Waals surface area (Å²) in [5, 5.41) is 22.8. The summed E-state index contributed by atoms with van der Waals surface area (Å²) in [5.74, 6) is -0.996. The maximum Gasteiger partial charge on any atom is 0.416 e. The number of nitrogens with zero attached hydrogens (tertiary/aromatic N) is 3. The second-order valence-electron chi connectivity index (χ2n) is 7.18. The average Bonchev–Trinajstić information content (AvgIpc) is 2.69. The third-order valence-electron chi connectivity index (χ3n) is 4.42. The first-order valence-corrected chi connectivity index (χ1v) is 9.42. The number of para-hydroxylation sites is 1. The van der Waals surface area contributed by atoms with E-state index in [0.717, 1.165) is 12.1 Å². The van der Waals surface area contributed by atoms with Gasteiger partial charge in [-0.05, 0) is 37.9 Å². The summed E-state index contributed by atoms with van der Waals surface area (Å²) in [4.78, 5) is 15.6. The van der Waals surface area contributed by atoms with Crippen molar-refractivity contribution < 1.29 is 28.2 Å². The molecule has 0 aromatic heterocycles. The van der Waals surface area contributed by atoms with Crippen molar-refractivity contribution in [3.8, 4) is 11.5 Å². The van der Waals surface area contributed by atoms with Crippen LogP contribution in [-0.2, 0) is 17.5 Å². The van der Waals surface area contributed by atoms with Crippen LogP contribution in [0.15, 0.2) is 47.6 Å². The van der Waals surface area contributed by atoms with Crippen molar-refractivity contribution in [2.24, 2.45) is 5.10 Å². The van der Waals surface area contributed by atoms with E-state index in [9.17, 15) is 28.2 Å². The molecule has 2 aromatic carbocycles. The monoisotopic (exact) mass is 438 g/mol. The van der Waals surface area contributed by atoms with Crippen LogP contribution < -0.4 is 5.43 Å². The Bertz CT molecular complexity index is 919.